The van der Waals surface area contributed by atoms with Crippen LogP contribution in [-0.2, 0) is 6.42 Å². The number of benzene rings is 1. The number of aryl methyl sites for hydroxylation is 3. The van der Waals surface area contributed by atoms with Crippen LogP contribution in [0.1, 0.15) is 43.0 Å². The van der Waals surface area contributed by atoms with Crippen LogP contribution in [0.25, 0.3) is 0 Å². The molecule has 0 saturated carbocycles. The van der Waals surface area contributed by atoms with Gasteiger partial charge in [-0.3, -0.25) is 20.4 Å². The number of hydrogen-bond donors (Lipinski definition) is 2. The third kappa shape index (κ3) is 3.49. The van der Waals surface area contributed by atoms with Crippen molar-refractivity contribution >= 4 is 23.2 Å². The minimum absolute atomic E-state index is 0.287. The molecule has 2 amide bonds. The van der Waals surface area contributed by atoms with Crippen LogP contribution in [-0.4, -0.2) is 11.8 Å². The van der Waals surface area contributed by atoms with Gasteiger partial charge in [0.1, 0.15) is 0 Å². The van der Waals surface area contributed by atoms with E-state index in [1.54, 1.807) is 12.1 Å². The first-order valence-electron chi connectivity index (χ1n) is 6.78. The molecule has 110 valence electrons. The maximum Gasteiger partial charge on any atom is 0.279 e. The molecule has 1 heterocycles. The summed E-state index contributed by atoms with van der Waals surface area (Å²) in [6, 6.07) is 9.11. The van der Waals surface area contributed by atoms with Crippen molar-refractivity contribution in [3.05, 3.63) is 56.8 Å². The number of rotatable bonds is 3. The maximum absolute atomic E-state index is 12.0. The van der Waals surface area contributed by atoms with Crippen molar-refractivity contribution in [1.29, 1.82) is 0 Å². The Bertz CT molecular complexity index is 677. The highest BCUT2D eigenvalue weighted by molar-refractivity contribution is 7.14. The second-order valence-corrected chi connectivity index (χ2v) is 6.03. The molecule has 2 rings (SSSR count). The van der Waals surface area contributed by atoms with Gasteiger partial charge < -0.3 is 0 Å². The number of nitrogens with one attached hydrogen (secondary N) is 2. The minimum Gasteiger partial charge on any atom is -0.267 e. The molecule has 1 aromatic heterocycles. The highest BCUT2D eigenvalue weighted by Crippen LogP contribution is 2.21. The lowest BCUT2D eigenvalue weighted by Gasteiger charge is -2.08. The Morgan fingerprint density at radius 2 is 1.76 bits per heavy atom. The molecule has 2 N–H and O–H groups in total. The fourth-order valence-corrected chi connectivity index (χ4v) is 3.06. The van der Waals surface area contributed by atoms with Crippen LogP contribution >= 0.6 is 11.3 Å². The van der Waals surface area contributed by atoms with Gasteiger partial charge in [0.2, 0.25) is 0 Å². The third-order valence-electron chi connectivity index (χ3n) is 3.30. The van der Waals surface area contributed by atoms with Crippen LogP contribution in [0.2, 0.25) is 0 Å². The number of amides is 2. The summed E-state index contributed by atoms with van der Waals surface area (Å²) in [6.45, 7) is 5.90. The standard InChI is InChI=1S/C16H18N2O2S/c1-4-12-9-14(21-11(12)3)16(20)18-17-15(19)13-8-6-5-7-10(13)2/h5-9H,4H2,1-3H3,(H,17,19)(H,18,20). The van der Waals surface area contributed by atoms with E-state index in [0.717, 1.165) is 22.4 Å². The van der Waals surface area contributed by atoms with Gasteiger partial charge in [-0.1, -0.05) is 25.1 Å². The molecule has 1 aromatic carbocycles. The molecule has 0 radical (unpaired) electrons. The molecule has 5 heteroatoms. The van der Waals surface area contributed by atoms with E-state index in [1.165, 1.54) is 11.3 Å². The molecule has 0 aliphatic carbocycles. The van der Waals surface area contributed by atoms with Gasteiger partial charge in [0.15, 0.2) is 0 Å². The van der Waals surface area contributed by atoms with E-state index in [9.17, 15) is 9.59 Å². The molecule has 4 nitrogen and oxygen atoms in total. The Hall–Kier alpha value is -2.14. The predicted molar refractivity (Wildman–Crippen MR) is 84.5 cm³/mol. The van der Waals surface area contributed by atoms with Crippen molar-refractivity contribution in [2.75, 3.05) is 0 Å². The fraction of sp³-hybridized carbons (Fsp3) is 0.250. The predicted octanol–water partition coefficient (Wildman–Crippen LogP) is 3.00. The summed E-state index contributed by atoms with van der Waals surface area (Å²) < 4.78 is 0. The van der Waals surface area contributed by atoms with Crippen molar-refractivity contribution in [1.82, 2.24) is 10.9 Å². The van der Waals surface area contributed by atoms with Gasteiger partial charge in [-0.25, -0.2) is 0 Å². The van der Waals surface area contributed by atoms with E-state index in [2.05, 4.69) is 17.8 Å². The molecule has 0 fully saturated rings. The zero-order valence-electron chi connectivity index (χ0n) is 12.3. The summed E-state index contributed by atoms with van der Waals surface area (Å²) in [5, 5.41) is 0. The molecule has 0 atom stereocenters. The SMILES string of the molecule is CCc1cc(C(=O)NNC(=O)c2ccccc2C)sc1C. The van der Waals surface area contributed by atoms with Crippen LogP contribution in [0.4, 0.5) is 0 Å². The highest BCUT2D eigenvalue weighted by Gasteiger charge is 2.13. The van der Waals surface area contributed by atoms with E-state index in [-0.39, 0.29) is 11.8 Å². The average molecular weight is 302 g/mol. The number of carbonyl (C=O) groups excluding carboxylic acids is 2. The lowest BCUT2D eigenvalue weighted by Crippen LogP contribution is -2.41. The van der Waals surface area contributed by atoms with Crippen LogP contribution in [0, 0.1) is 13.8 Å². The normalized spacial score (nSPS) is 10.2. The quantitative estimate of drug-likeness (QED) is 0.856. The zero-order valence-corrected chi connectivity index (χ0v) is 13.1. The number of hydrazine groups is 1. The van der Waals surface area contributed by atoms with Crippen molar-refractivity contribution in [2.45, 2.75) is 27.2 Å². The third-order valence-corrected chi connectivity index (χ3v) is 4.40. The minimum atomic E-state index is -0.314. The van der Waals surface area contributed by atoms with Crippen LogP contribution < -0.4 is 10.9 Å². The maximum atomic E-state index is 12.0. The molecule has 0 unspecified atom stereocenters. The summed E-state index contributed by atoms with van der Waals surface area (Å²) in [5.41, 5.74) is 7.49. The molecular weight excluding hydrogens is 284 g/mol. The van der Waals surface area contributed by atoms with Gasteiger partial charge in [-0.15, -0.1) is 11.3 Å². The average Bonchev–Trinajstić information content (AvgIpc) is 2.86. The van der Waals surface area contributed by atoms with E-state index in [1.807, 2.05) is 32.0 Å². The molecule has 2 aromatic rings. The second-order valence-electron chi connectivity index (χ2n) is 4.77. The summed E-state index contributed by atoms with van der Waals surface area (Å²) >= 11 is 1.43. The number of hydrogen-bond acceptors (Lipinski definition) is 3. The van der Waals surface area contributed by atoms with Gasteiger partial charge in [0.05, 0.1) is 4.88 Å². The first-order chi connectivity index (χ1) is 10.0. The van der Waals surface area contributed by atoms with E-state index in [4.69, 9.17) is 0 Å². The van der Waals surface area contributed by atoms with Crippen LogP contribution in [0.3, 0.4) is 0 Å². The number of thiophene rings is 1. The van der Waals surface area contributed by atoms with Crippen LogP contribution in [0.15, 0.2) is 30.3 Å². The Morgan fingerprint density at radius 3 is 2.38 bits per heavy atom. The van der Waals surface area contributed by atoms with Crippen molar-refractivity contribution < 1.29 is 9.59 Å². The lowest BCUT2D eigenvalue weighted by molar-refractivity contribution is 0.0848. The van der Waals surface area contributed by atoms with Crippen molar-refractivity contribution in [2.24, 2.45) is 0 Å². The Kier molecular flexibility index (Phi) is 4.75. The Balaban J connectivity index is 2.01. The number of carbonyl (C=O) groups is 2. The Labute approximate surface area is 128 Å². The lowest BCUT2D eigenvalue weighted by atomic mass is 10.1. The van der Waals surface area contributed by atoms with Crippen molar-refractivity contribution in [3.8, 4) is 0 Å². The first-order valence-corrected chi connectivity index (χ1v) is 7.60. The van der Waals surface area contributed by atoms with Gasteiger partial charge in [-0.05, 0) is 43.5 Å². The van der Waals surface area contributed by atoms with Crippen molar-refractivity contribution in [3.63, 3.8) is 0 Å². The summed E-state index contributed by atoms with van der Waals surface area (Å²) in [7, 11) is 0. The fourth-order valence-electron chi connectivity index (χ4n) is 2.05. The van der Waals surface area contributed by atoms with Crippen LogP contribution in [0.5, 0.6) is 0 Å². The molecule has 21 heavy (non-hydrogen) atoms. The topological polar surface area (TPSA) is 58.2 Å². The van der Waals surface area contributed by atoms with Gasteiger partial charge in [0.25, 0.3) is 11.8 Å². The smallest absolute Gasteiger partial charge is 0.267 e. The zero-order chi connectivity index (χ0) is 15.4. The van der Waals surface area contributed by atoms with E-state index < -0.39 is 0 Å². The van der Waals surface area contributed by atoms with E-state index in [0.29, 0.717) is 10.4 Å². The summed E-state index contributed by atoms with van der Waals surface area (Å²) in [4.78, 5) is 25.8. The second kappa shape index (κ2) is 6.54. The summed E-state index contributed by atoms with van der Waals surface area (Å²) in [5.74, 6) is -0.602. The van der Waals surface area contributed by atoms with E-state index >= 15 is 0 Å². The van der Waals surface area contributed by atoms with Gasteiger partial charge in [-0.2, -0.15) is 0 Å². The molecule has 0 bridgehead atoms. The van der Waals surface area contributed by atoms with Gasteiger partial charge >= 0.3 is 0 Å². The van der Waals surface area contributed by atoms with Gasteiger partial charge in [0, 0.05) is 10.4 Å². The Morgan fingerprint density at radius 1 is 1.10 bits per heavy atom. The first kappa shape index (κ1) is 15.3. The molecule has 0 saturated heterocycles. The summed E-state index contributed by atoms with van der Waals surface area (Å²) in [6.07, 6.45) is 0.894. The monoisotopic (exact) mass is 302 g/mol. The largest absolute Gasteiger partial charge is 0.279 e. The molecule has 0 aliphatic rings. The molecule has 0 aliphatic heterocycles. The highest BCUT2D eigenvalue weighted by atomic mass is 32.1. The molecule has 0 spiro atoms. The molecular formula is C16H18N2O2S.